The molecule has 0 saturated carbocycles. The Labute approximate surface area is 116 Å². The smallest absolute Gasteiger partial charge is 0.232 e. The molecule has 18 heavy (non-hydrogen) atoms. The van der Waals surface area contributed by atoms with Gasteiger partial charge in [-0.15, -0.1) is 0 Å². The lowest BCUT2D eigenvalue weighted by molar-refractivity contribution is -0.133. The number of amides is 1. The Morgan fingerprint density at radius 1 is 1.39 bits per heavy atom. The largest absolute Gasteiger partial charge is 0.393 e. The molecular weight excluding hydrogens is 244 g/mol. The van der Waals surface area contributed by atoms with Crippen LogP contribution in [0.3, 0.4) is 0 Å². The first-order valence-electron chi connectivity index (χ1n) is 6.72. The monoisotopic (exact) mass is 270 g/mol. The van der Waals surface area contributed by atoms with Crippen LogP contribution in [0.2, 0.25) is 0 Å². The van der Waals surface area contributed by atoms with E-state index in [1.165, 1.54) is 0 Å². The van der Waals surface area contributed by atoms with Crippen molar-refractivity contribution in [1.82, 2.24) is 4.90 Å². The Balaban J connectivity index is 2.72. The summed E-state index contributed by atoms with van der Waals surface area (Å²) in [6.07, 6.45) is 1.08. The number of carbonyl (C=O) groups excluding carboxylic acids is 1. The highest BCUT2D eigenvalue weighted by molar-refractivity contribution is 7.80. The molecule has 3 nitrogen and oxygen atoms in total. The molecule has 0 aromatic rings. The fraction of sp³-hybridized carbons (Fsp3) is 0.857. The van der Waals surface area contributed by atoms with Crippen molar-refractivity contribution in [2.24, 2.45) is 28.9 Å². The van der Waals surface area contributed by atoms with Gasteiger partial charge in [-0.25, -0.2) is 0 Å². The third kappa shape index (κ3) is 3.44. The SMILES string of the molecule is CC(C)C(C(=O)N1CCC(C(C)(C)C)C1)C(N)=S. The van der Waals surface area contributed by atoms with Crippen molar-refractivity contribution in [3.05, 3.63) is 0 Å². The van der Waals surface area contributed by atoms with Gasteiger partial charge in [0.25, 0.3) is 0 Å². The number of carbonyl (C=O) groups is 1. The maximum Gasteiger partial charge on any atom is 0.232 e. The van der Waals surface area contributed by atoms with Crippen LogP contribution >= 0.6 is 12.2 Å². The van der Waals surface area contributed by atoms with E-state index in [-0.39, 0.29) is 23.2 Å². The van der Waals surface area contributed by atoms with Gasteiger partial charge in [0.2, 0.25) is 5.91 Å². The van der Waals surface area contributed by atoms with Crippen LogP contribution < -0.4 is 5.73 Å². The maximum absolute atomic E-state index is 12.5. The average molecular weight is 270 g/mol. The quantitative estimate of drug-likeness (QED) is 0.801. The molecule has 1 amide bonds. The van der Waals surface area contributed by atoms with E-state index in [1.807, 2.05) is 18.7 Å². The zero-order chi connectivity index (χ0) is 14.1. The Kier molecular flexibility index (Phi) is 4.76. The Bertz CT molecular complexity index is 333. The van der Waals surface area contributed by atoms with Gasteiger partial charge in [0.05, 0.1) is 10.9 Å². The molecular formula is C14H26N2OS. The van der Waals surface area contributed by atoms with Crippen molar-refractivity contribution < 1.29 is 4.79 Å². The van der Waals surface area contributed by atoms with Crippen molar-refractivity contribution >= 4 is 23.1 Å². The van der Waals surface area contributed by atoms with E-state index in [1.54, 1.807) is 0 Å². The van der Waals surface area contributed by atoms with E-state index < -0.39 is 0 Å². The van der Waals surface area contributed by atoms with Gasteiger partial charge < -0.3 is 10.6 Å². The first-order valence-corrected chi connectivity index (χ1v) is 7.13. The highest BCUT2D eigenvalue weighted by Crippen LogP contribution is 2.34. The minimum absolute atomic E-state index is 0.115. The van der Waals surface area contributed by atoms with Crippen LogP contribution in [0.4, 0.5) is 0 Å². The van der Waals surface area contributed by atoms with Crippen LogP contribution in [-0.4, -0.2) is 28.9 Å². The van der Waals surface area contributed by atoms with Crippen LogP contribution in [0.5, 0.6) is 0 Å². The van der Waals surface area contributed by atoms with Crippen LogP contribution in [-0.2, 0) is 4.79 Å². The fourth-order valence-electron chi connectivity index (χ4n) is 2.60. The molecule has 1 aliphatic heterocycles. The summed E-state index contributed by atoms with van der Waals surface area (Å²) < 4.78 is 0. The predicted octanol–water partition coefficient (Wildman–Crippen LogP) is 2.44. The summed E-state index contributed by atoms with van der Waals surface area (Å²) in [7, 11) is 0. The summed E-state index contributed by atoms with van der Waals surface area (Å²) in [4.78, 5) is 14.7. The predicted molar refractivity (Wildman–Crippen MR) is 79.3 cm³/mol. The molecule has 0 aliphatic carbocycles. The van der Waals surface area contributed by atoms with Crippen LogP contribution in [0.1, 0.15) is 41.0 Å². The molecule has 1 aliphatic rings. The fourth-order valence-corrected chi connectivity index (χ4v) is 2.97. The lowest BCUT2D eigenvalue weighted by Gasteiger charge is -2.29. The van der Waals surface area contributed by atoms with E-state index >= 15 is 0 Å². The van der Waals surface area contributed by atoms with Crippen molar-refractivity contribution in [3.63, 3.8) is 0 Å². The van der Waals surface area contributed by atoms with Crippen LogP contribution in [0, 0.1) is 23.2 Å². The molecule has 0 spiro atoms. The van der Waals surface area contributed by atoms with Crippen molar-refractivity contribution in [2.75, 3.05) is 13.1 Å². The molecule has 1 heterocycles. The number of rotatable bonds is 3. The Hall–Kier alpha value is -0.640. The minimum Gasteiger partial charge on any atom is -0.393 e. The summed E-state index contributed by atoms with van der Waals surface area (Å²) >= 11 is 5.04. The molecule has 1 saturated heterocycles. The van der Waals surface area contributed by atoms with Gasteiger partial charge in [0.15, 0.2) is 0 Å². The second-order valence-corrected chi connectivity index (χ2v) is 7.23. The Morgan fingerprint density at radius 3 is 2.28 bits per heavy atom. The summed E-state index contributed by atoms with van der Waals surface area (Å²) in [6, 6.07) is 0. The maximum atomic E-state index is 12.5. The summed E-state index contributed by atoms with van der Waals surface area (Å²) in [5.74, 6) is 0.548. The molecule has 1 rings (SSSR count). The normalized spacial score (nSPS) is 22.3. The first kappa shape index (κ1) is 15.4. The van der Waals surface area contributed by atoms with E-state index in [0.29, 0.717) is 10.9 Å². The molecule has 2 unspecified atom stereocenters. The van der Waals surface area contributed by atoms with E-state index in [9.17, 15) is 4.79 Å². The van der Waals surface area contributed by atoms with Crippen molar-refractivity contribution in [1.29, 1.82) is 0 Å². The van der Waals surface area contributed by atoms with Crippen molar-refractivity contribution in [3.8, 4) is 0 Å². The zero-order valence-electron chi connectivity index (χ0n) is 12.2. The van der Waals surface area contributed by atoms with Crippen molar-refractivity contribution in [2.45, 2.75) is 41.0 Å². The minimum atomic E-state index is -0.307. The molecule has 0 bridgehead atoms. The topological polar surface area (TPSA) is 46.3 Å². The molecule has 0 radical (unpaired) electrons. The van der Waals surface area contributed by atoms with Gasteiger partial charge in [-0.3, -0.25) is 4.79 Å². The summed E-state index contributed by atoms with van der Waals surface area (Å²) in [5.41, 5.74) is 5.97. The molecule has 2 atom stereocenters. The van der Waals surface area contributed by atoms with Crippen LogP contribution in [0.15, 0.2) is 0 Å². The van der Waals surface area contributed by atoms with E-state index in [2.05, 4.69) is 20.8 Å². The highest BCUT2D eigenvalue weighted by Gasteiger charge is 2.37. The van der Waals surface area contributed by atoms with E-state index in [0.717, 1.165) is 19.5 Å². The number of thiocarbonyl (C=S) groups is 1. The van der Waals surface area contributed by atoms with Gasteiger partial charge in [0.1, 0.15) is 0 Å². The summed E-state index contributed by atoms with van der Waals surface area (Å²) in [5, 5.41) is 0. The third-order valence-corrected chi connectivity index (χ3v) is 4.22. The molecule has 0 aromatic carbocycles. The molecule has 1 fully saturated rings. The average Bonchev–Trinajstić information content (AvgIpc) is 2.63. The Morgan fingerprint density at radius 2 is 1.94 bits per heavy atom. The number of nitrogens with zero attached hydrogens (tertiary/aromatic N) is 1. The second kappa shape index (κ2) is 5.55. The molecule has 4 heteroatoms. The summed E-state index contributed by atoms with van der Waals surface area (Å²) in [6.45, 7) is 12.4. The lowest BCUT2D eigenvalue weighted by atomic mass is 9.80. The first-order chi connectivity index (χ1) is 8.14. The van der Waals surface area contributed by atoms with Gasteiger partial charge in [-0.1, -0.05) is 46.8 Å². The molecule has 104 valence electrons. The van der Waals surface area contributed by atoms with E-state index in [4.69, 9.17) is 18.0 Å². The van der Waals surface area contributed by atoms with Gasteiger partial charge in [0, 0.05) is 13.1 Å². The lowest BCUT2D eigenvalue weighted by Crippen LogP contribution is -2.43. The van der Waals surface area contributed by atoms with Gasteiger partial charge >= 0.3 is 0 Å². The standard InChI is InChI=1S/C14H26N2OS/c1-9(2)11(12(15)18)13(17)16-7-6-10(8-16)14(3,4)5/h9-11H,6-8H2,1-5H3,(H2,15,18). The number of nitrogens with two attached hydrogens (primary N) is 1. The second-order valence-electron chi connectivity index (χ2n) is 6.76. The van der Waals surface area contributed by atoms with Gasteiger partial charge in [-0.05, 0) is 23.7 Å². The zero-order valence-corrected chi connectivity index (χ0v) is 13.0. The number of hydrogen-bond donors (Lipinski definition) is 1. The third-order valence-electron chi connectivity index (χ3n) is 3.96. The van der Waals surface area contributed by atoms with Gasteiger partial charge in [-0.2, -0.15) is 0 Å². The number of hydrogen-bond acceptors (Lipinski definition) is 2. The number of likely N-dealkylation sites (tertiary alicyclic amines) is 1. The molecule has 0 aromatic heterocycles. The highest BCUT2D eigenvalue weighted by atomic mass is 32.1. The molecule has 2 N–H and O–H groups in total. The van der Waals surface area contributed by atoms with Crippen LogP contribution in [0.25, 0.3) is 0 Å².